The molecule has 0 saturated carbocycles. The lowest BCUT2D eigenvalue weighted by molar-refractivity contribution is 0.102. The monoisotopic (exact) mass is 448 g/mol. The minimum atomic E-state index is -3.65. The summed E-state index contributed by atoms with van der Waals surface area (Å²) in [5.41, 5.74) is 1.67. The lowest BCUT2D eigenvalue weighted by Crippen LogP contribution is -2.31. The third-order valence-corrected chi connectivity index (χ3v) is 5.84. The smallest absolute Gasteiger partial charge is 0.257 e. The molecule has 1 amide bonds. The third-order valence-electron chi connectivity index (χ3n) is 4.17. The molecule has 0 spiro atoms. The maximum atomic E-state index is 12.9. The number of benzene rings is 3. The zero-order chi connectivity index (χ0) is 21.0. The van der Waals surface area contributed by atoms with Crippen molar-refractivity contribution in [1.29, 1.82) is 0 Å². The van der Waals surface area contributed by atoms with Crippen LogP contribution < -0.4 is 9.62 Å². The standard InChI is InChI=1S/C21H18Cl2N2O3S/c1-29(27,28)25(14-15-7-3-2-4-8-15)20-10-6-5-9-17(20)21(26)24-19-12-11-16(22)13-18(19)23/h2-13H,14H2,1H3,(H,24,26). The molecule has 29 heavy (non-hydrogen) atoms. The number of anilines is 2. The molecule has 0 fully saturated rings. The maximum absolute atomic E-state index is 12.9. The molecule has 5 nitrogen and oxygen atoms in total. The molecule has 0 aromatic heterocycles. The second-order valence-electron chi connectivity index (χ2n) is 6.35. The second-order valence-corrected chi connectivity index (χ2v) is 9.10. The van der Waals surface area contributed by atoms with Gasteiger partial charge in [0.15, 0.2) is 0 Å². The van der Waals surface area contributed by atoms with Crippen LogP contribution in [0.5, 0.6) is 0 Å². The first-order valence-corrected chi connectivity index (χ1v) is 11.2. The number of nitrogens with zero attached hydrogens (tertiary/aromatic N) is 1. The predicted molar refractivity (Wildman–Crippen MR) is 118 cm³/mol. The minimum absolute atomic E-state index is 0.103. The van der Waals surface area contributed by atoms with Crippen LogP contribution >= 0.6 is 23.2 Å². The van der Waals surface area contributed by atoms with Crippen molar-refractivity contribution in [2.75, 3.05) is 15.9 Å². The Morgan fingerprint density at radius 1 is 0.966 bits per heavy atom. The van der Waals surface area contributed by atoms with E-state index in [0.29, 0.717) is 10.7 Å². The van der Waals surface area contributed by atoms with Crippen molar-refractivity contribution in [3.05, 3.63) is 94.0 Å². The van der Waals surface area contributed by atoms with Crippen molar-refractivity contribution in [2.45, 2.75) is 6.54 Å². The molecule has 0 heterocycles. The average Bonchev–Trinajstić information content (AvgIpc) is 2.68. The molecule has 3 aromatic carbocycles. The number of carbonyl (C=O) groups excluding carboxylic acids is 1. The summed E-state index contributed by atoms with van der Waals surface area (Å²) in [6.45, 7) is 0.103. The van der Waals surface area contributed by atoms with E-state index in [9.17, 15) is 13.2 Å². The van der Waals surface area contributed by atoms with E-state index in [1.807, 2.05) is 30.3 Å². The van der Waals surface area contributed by atoms with Crippen LogP contribution in [-0.2, 0) is 16.6 Å². The van der Waals surface area contributed by atoms with Crippen LogP contribution in [0.15, 0.2) is 72.8 Å². The Kier molecular flexibility index (Phi) is 6.47. The molecule has 3 aromatic rings. The molecular weight excluding hydrogens is 431 g/mol. The molecule has 0 bridgehead atoms. The molecule has 0 radical (unpaired) electrons. The van der Waals surface area contributed by atoms with E-state index < -0.39 is 15.9 Å². The summed E-state index contributed by atoms with van der Waals surface area (Å²) in [6.07, 6.45) is 1.11. The van der Waals surface area contributed by atoms with Gasteiger partial charge >= 0.3 is 0 Å². The number of halogens is 2. The van der Waals surface area contributed by atoms with E-state index in [1.54, 1.807) is 36.4 Å². The summed E-state index contributed by atoms with van der Waals surface area (Å²) in [5.74, 6) is -0.480. The van der Waals surface area contributed by atoms with Gasteiger partial charge in [0.25, 0.3) is 5.91 Å². The first-order chi connectivity index (χ1) is 13.8. The Balaban J connectivity index is 1.98. The zero-order valence-electron chi connectivity index (χ0n) is 15.5. The number of hydrogen-bond donors (Lipinski definition) is 1. The molecule has 0 saturated heterocycles. The third kappa shape index (κ3) is 5.29. The Bertz CT molecular complexity index is 1140. The van der Waals surface area contributed by atoms with Crippen molar-refractivity contribution in [3.63, 3.8) is 0 Å². The Morgan fingerprint density at radius 2 is 1.62 bits per heavy atom. The second kappa shape index (κ2) is 8.86. The molecule has 8 heteroatoms. The quantitative estimate of drug-likeness (QED) is 0.562. The topological polar surface area (TPSA) is 66.5 Å². The number of sulfonamides is 1. The van der Waals surface area contributed by atoms with E-state index in [1.165, 1.54) is 10.4 Å². The van der Waals surface area contributed by atoms with Crippen LogP contribution in [0.4, 0.5) is 11.4 Å². The average molecular weight is 449 g/mol. The molecule has 0 unspecified atom stereocenters. The minimum Gasteiger partial charge on any atom is -0.321 e. The van der Waals surface area contributed by atoms with Gasteiger partial charge in [-0.1, -0.05) is 65.7 Å². The molecule has 0 aliphatic rings. The SMILES string of the molecule is CS(=O)(=O)N(Cc1ccccc1)c1ccccc1C(=O)Nc1ccc(Cl)cc1Cl. The van der Waals surface area contributed by atoms with Gasteiger partial charge in [0.05, 0.1) is 34.8 Å². The fraction of sp³-hybridized carbons (Fsp3) is 0.0952. The summed E-state index contributed by atoms with van der Waals surface area (Å²) < 4.78 is 26.2. The highest BCUT2D eigenvalue weighted by Crippen LogP contribution is 2.29. The highest BCUT2D eigenvalue weighted by molar-refractivity contribution is 7.92. The Hall–Kier alpha value is -2.54. The van der Waals surface area contributed by atoms with Crippen LogP contribution in [0.3, 0.4) is 0 Å². The molecular formula is C21H18Cl2N2O3S. The lowest BCUT2D eigenvalue weighted by atomic mass is 10.1. The van der Waals surface area contributed by atoms with E-state index in [-0.39, 0.29) is 22.8 Å². The zero-order valence-corrected chi connectivity index (χ0v) is 17.8. The van der Waals surface area contributed by atoms with Crippen molar-refractivity contribution >= 4 is 50.5 Å². The van der Waals surface area contributed by atoms with Gasteiger partial charge in [0, 0.05) is 5.02 Å². The number of hydrogen-bond acceptors (Lipinski definition) is 3. The molecule has 150 valence electrons. The number of rotatable bonds is 6. The van der Waals surface area contributed by atoms with Crippen LogP contribution in [0.25, 0.3) is 0 Å². The van der Waals surface area contributed by atoms with Gasteiger partial charge in [-0.15, -0.1) is 0 Å². The van der Waals surface area contributed by atoms with Gasteiger partial charge in [-0.3, -0.25) is 9.10 Å². The number of carbonyl (C=O) groups is 1. The highest BCUT2D eigenvalue weighted by atomic mass is 35.5. The first-order valence-electron chi connectivity index (χ1n) is 8.63. The van der Waals surface area contributed by atoms with E-state index >= 15 is 0 Å². The summed E-state index contributed by atoms with van der Waals surface area (Å²) in [7, 11) is -3.65. The largest absolute Gasteiger partial charge is 0.321 e. The van der Waals surface area contributed by atoms with Crippen molar-refractivity contribution in [1.82, 2.24) is 0 Å². The fourth-order valence-corrected chi connectivity index (χ4v) is 4.15. The van der Waals surface area contributed by atoms with Gasteiger partial charge in [0.2, 0.25) is 10.0 Å². The van der Waals surface area contributed by atoms with Crippen LogP contribution in [-0.4, -0.2) is 20.6 Å². The lowest BCUT2D eigenvalue weighted by Gasteiger charge is -2.25. The van der Waals surface area contributed by atoms with Crippen molar-refractivity contribution in [3.8, 4) is 0 Å². The number of para-hydroxylation sites is 1. The summed E-state index contributed by atoms with van der Waals surface area (Å²) in [4.78, 5) is 12.9. The van der Waals surface area contributed by atoms with Gasteiger partial charge in [-0.05, 0) is 35.9 Å². The van der Waals surface area contributed by atoms with E-state index in [2.05, 4.69) is 5.32 Å². The van der Waals surface area contributed by atoms with Crippen LogP contribution in [0, 0.1) is 0 Å². The fourth-order valence-electron chi connectivity index (χ4n) is 2.79. The predicted octanol–water partition coefficient (Wildman–Crippen LogP) is 5.21. The molecule has 0 aliphatic carbocycles. The molecule has 0 aliphatic heterocycles. The number of nitrogens with one attached hydrogen (secondary N) is 1. The first kappa shape index (κ1) is 21.2. The maximum Gasteiger partial charge on any atom is 0.257 e. The summed E-state index contributed by atoms with van der Waals surface area (Å²) >= 11 is 12.0. The Labute approximate surface area is 179 Å². The van der Waals surface area contributed by atoms with Crippen molar-refractivity contribution < 1.29 is 13.2 Å². The van der Waals surface area contributed by atoms with Gasteiger partial charge in [-0.2, -0.15) is 0 Å². The molecule has 3 rings (SSSR count). The summed E-state index contributed by atoms with van der Waals surface area (Å²) in [5, 5.41) is 3.44. The van der Waals surface area contributed by atoms with Crippen LogP contribution in [0.1, 0.15) is 15.9 Å². The van der Waals surface area contributed by atoms with Crippen LogP contribution in [0.2, 0.25) is 10.0 Å². The highest BCUT2D eigenvalue weighted by Gasteiger charge is 2.23. The van der Waals surface area contributed by atoms with E-state index in [4.69, 9.17) is 23.2 Å². The van der Waals surface area contributed by atoms with Gasteiger partial charge in [0.1, 0.15) is 0 Å². The van der Waals surface area contributed by atoms with Gasteiger partial charge in [-0.25, -0.2) is 8.42 Å². The number of amides is 1. The summed E-state index contributed by atoms with van der Waals surface area (Å²) in [6, 6.07) is 20.4. The van der Waals surface area contributed by atoms with Gasteiger partial charge < -0.3 is 5.32 Å². The Morgan fingerprint density at radius 3 is 2.28 bits per heavy atom. The molecule has 1 N–H and O–H groups in total. The normalized spacial score (nSPS) is 11.1. The van der Waals surface area contributed by atoms with Crippen molar-refractivity contribution in [2.24, 2.45) is 0 Å². The molecule has 0 atom stereocenters. The van der Waals surface area contributed by atoms with E-state index in [0.717, 1.165) is 11.8 Å².